The molecule has 2 saturated carbocycles. The maximum absolute atomic E-state index is 14.7. The zero-order chi connectivity index (χ0) is 31.2. The third kappa shape index (κ3) is 4.46. The Morgan fingerprint density at radius 2 is 1.91 bits per heavy atom. The summed E-state index contributed by atoms with van der Waals surface area (Å²) in [4.78, 5) is 34.3. The van der Waals surface area contributed by atoms with E-state index in [-0.39, 0.29) is 40.7 Å². The molecule has 44 heavy (non-hydrogen) atoms. The number of hydrogen-bond acceptors (Lipinski definition) is 8. The van der Waals surface area contributed by atoms with E-state index in [4.69, 9.17) is 15.2 Å². The highest BCUT2D eigenvalue weighted by Gasteiger charge is 2.69. The fourth-order valence-electron chi connectivity index (χ4n) is 5.53. The number of fused-ring (bicyclic) bond motifs is 4. The minimum Gasteiger partial charge on any atom is -0.488 e. The summed E-state index contributed by atoms with van der Waals surface area (Å²) >= 11 is 1.30. The van der Waals surface area contributed by atoms with Crippen LogP contribution in [0.15, 0.2) is 42.5 Å². The molecule has 14 heteroatoms. The Bertz CT molecular complexity index is 1860. The smallest absolute Gasteiger partial charge is 0.424 e. The average molecular weight is 629 g/mol. The van der Waals surface area contributed by atoms with Crippen molar-refractivity contribution in [3.05, 3.63) is 70.1 Å². The summed E-state index contributed by atoms with van der Waals surface area (Å²) in [7, 11) is 0. The number of halogens is 4. The van der Waals surface area contributed by atoms with Gasteiger partial charge in [-0.05, 0) is 62.2 Å². The summed E-state index contributed by atoms with van der Waals surface area (Å²) < 4.78 is 70.2. The molecule has 3 heterocycles. The number of benzene rings is 2. The number of aromatic nitrogens is 2. The fraction of sp³-hybridized carbons (Fsp3) is 0.333. The highest BCUT2D eigenvalue weighted by molar-refractivity contribution is 7.18. The Labute approximate surface area is 251 Å². The minimum absolute atomic E-state index is 0.0197. The molecule has 4 N–H and O–H groups in total. The Morgan fingerprint density at radius 1 is 1.18 bits per heavy atom. The number of nitrogens with two attached hydrogens (primary N) is 1. The zero-order valence-corrected chi connectivity index (χ0v) is 23.8. The van der Waals surface area contributed by atoms with Crippen LogP contribution >= 0.6 is 11.3 Å². The van der Waals surface area contributed by atoms with Crippen LogP contribution in [-0.4, -0.2) is 51.8 Å². The van der Waals surface area contributed by atoms with Crippen LogP contribution in [0, 0.1) is 12.7 Å². The van der Waals surface area contributed by atoms with Crippen LogP contribution in [0.3, 0.4) is 0 Å². The lowest BCUT2D eigenvalue weighted by atomic mass is 9.89. The molecular formula is C30H24F4N4O5S. The lowest BCUT2D eigenvalue weighted by Crippen LogP contribution is -2.51. The molecule has 228 valence electrons. The summed E-state index contributed by atoms with van der Waals surface area (Å²) in [6.07, 6.45) is -4.22. The van der Waals surface area contributed by atoms with Crippen LogP contribution in [0.25, 0.3) is 21.5 Å². The molecule has 1 aliphatic heterocycles. The second-order valence-electron chi connectivity index (χ2n) is 11.3. The van der Waals surface area contributed by atoms with E-state index in [1.807, 2.05) is 0 Å². The summed E-state index contributed by atoms with van der Waals surface area (Å²) in [5.74, 6) is -1.90. The Balaban J connectivity index is 1.27. The van der Waals surface area contributed by atoms with E-state index in [1.54, 1.807) is 6.92 Å². The molecule has 9 nitrogen and oxygen atoms in total. The molecule has 0 saturated heterocycles. The van der Waals surface area contributed by atoms with Crippen molar-refractivity contribution in [3.8, 4) is 22.8 Å². The van der Waals surface area contributed by atoms with Gasteiger partial charge in [0.05, 0.1) is 28.1 Å². The summed E-state index contributed by atoms with van der Waals surface area (Å²) in [6.45, 7) is 0.478. The van der Waals surface area contributed by atoms with Gasteiger partial charge in [-0.1, -0.05) is 0 Å². The first-order valence-electron chi connectivity index (χ1n) is 13.7. The Kier molecular flexibility index (Phi) is 6.21. The summed E-state index contributed by atoms with van der Waals surface area (Å²) in [5.41, 5.74) is 0.359. The van der Waals surface area contributed by atoms with Crippen LogP contribution in [0.2, 0.25) is 0 Å². The molecule has 2 aromatic carbocycles. The molecule has 2 aliphatic carbocycles. The Morgan fingerprint density at radius 3 is 2.57 bits per heavy atom. The normalized spacial score (nSPS) is 21.6. The summed E-state index contributed by atoms with van der Waals surface area (Å²) in [6, 6.07) is 8.64. The van der Waals surface area contributed by atoms with E-state index in [9.17, 15) is 32.3 Å². The molecule has 1 unspecified atom stereocenters. The quantitative estimate of drug-likeness (QED) is 0.246. The molecule has 7 rings (SSSR count). The maximum atomic E-state index is 14.7. The van der Waals surface area contributed by atoms with Crippen LogP contribution in [-0.2, 0) is 15.8 Å². The molecule has 0 bridgehead atoms. The van der Waals surface area contributed by atoms with Gasteiger partial charge >= 0.3 is 6.18 Å². The van der Waals surface area contributed by atoms with Gasteiger partial charge in [-0.2, -0.15) is 13.2 Å². The average Bonchev–Trinajstić information content (AvgIpc) is 3.86. The zero-order valence-electron chi connectivity index (χ0n) is 23.0. The van der Waals surface area contributed by atoms with Gasteiger partial charge < -0.3 is 25.6 Å². The van der Waals surface area contributed by atoms with Crippen molar-refractivity contribution < 1.29 is 41.7 Å². The van der Waals surface area contributed by atoms with Gasteiger partial charge in [0.1, 0.15) is 34.3 Å². The number of carbonyl (C=O) groups excluding carboxylic acids is 2. The first-order valence-corrected chi connectivity index (χ1v) is 14.6. The predicted molar refractivity (Wildman–Crippen MR) is 150 cm³/mol. The predicted octanol–water partition coefficient (Wildman–Crippen LogP) is 4.41. The van der Waals surface area contributed by atoms with Crippen molar-refractivity contribution in [2.75, 3.05) is 6.54 Å². The van der Waals surface area contributed by atoms with Crippen molar-refractivity contribution in [1.29, 1.82) is 0 Å². The topological polar surface area (TPSA) is 137 Å². The number of hydrogen-bond donors (Lipinski definition) is 3. The molecule has 2 fully saturated rings. The van der Waals surface area contributed by atoms with E-state index in [2.05, 4.69) is 15.3 Å². The van der Waals surface area contributed by atoms with Crippen LogP contribution in [0.1, 0.15) is 45.9 Å². The molecule has 2 aromatic heterocycles. The van der Waals surface area contributed by atoms with E-state index in [1.165, 1.54) is 35.6 Å². The monoisotopic (exact) mass is 628 g/mol. The first-order chi connectivity index (χ1) is 20.8. The van der Waals surface area contributed by atoms with Gasteiger partial charge in [0.25, 0.3) is 5.91 Å². The number of ether oxygens (including phenoxy) is 2. The SMILES string of the molecule is Cc1nc2c(OC3CC3)cc(C(=O)NC[C@](O)(c3cc4c(c(-c5ccc(F)cc5)n3)OC3C[C@@]43C(N)=O)C(F)(F)F)cc2s1. The Hall–Kier alpha value is -4.30. The molecule has 0 radical (unpaired) electrons. The number of aliphatic hydroxyl groups is 1. The van der Waals surface area contributed by atoms with E-state index < -0.39 is 53.2 Å². The van der Waals surface area contributed by atoms with E-state index in [0.717, 1.165) is 36.0 Å². The van der Waals surface area contributed by atoms with Crippen LogP contribution in [0.4, 0.5) is 17.6 Å². The van der Waals surface area contributed by atoms with E-state index in [0.29, 0.717) is 16.0 Å². The van der Waals surface area contributed by atoms with Gasteiger partial charge in [0.15, 0.2) is 5.75 Å². The third-order valence-corrected chi connectivity index (χ3v) is 9.13. The number of carbonyl (C=O) groups is 2. The van der Waals surface area contributed by atoms with Crippen LogP contribution < -0.4 is 20.5 Å². The number of thiazole rings is 1. The van der Waals surface area contributed by atoms with Crippen LogP contribution in [0.5, 0.6) is 11.5 Å². The number of primary amides is 1. The number of alkyl halides is 3. The van der Waals surface area contributed by atoms with E-state index >= 15 is 0 Å². The van der Waals surface area contributed by atoms with Crippen molar-refractivity contribution in [1.82, 2.24) is 15.3 Å². The molecule has 4 aromatic rings. The third-order valence-electron chi connectivity index (χ3n) is 8.21. The van der Waals surface area contributed by atoms with Gasteiger partial charge in [0, 0.05) is 23.1 Å². The van der Waals surface area contributed by atoms with Crippen molar-refractivity contribution in [3.63, 3.8) is 0 Å². The minimum atomic E-state index is -5.33. The number of aryl methyl sites for hydroxylation is 1. The number of pyridine rings is 1. The fourth-order valence-corrected chi connectivity index (χ4v) is 6.42. The molecule has 3 atom stereocenters. The van der Waals surface area contributed by atoms with Gasteiger partial charge in [-0.3, -0.25) is 9.59 Å². The second kappa shape index (κ2) is 9.60. The van der Waals surface area contributed by atoms with Crippen molar-refractivity contribution in [2.24, 2.45) is 5.73 Å². The number of nitrogens with one attached hydrogen (secondary N) is 1. The van der Waals surface area contributed by atoms with Gasteiger partial charge in [-0.15, -0.1) is 11.3 Å². The first kappa shape index (κ1) is 28.5. The lowest BCUT2D eigenvalue weighted by Gasteiger charge is -2.31. The number of rotatable bonds is 8. The highest BCUT2D eigenvalue weighted by Crippen LogP contribution is 2.61. The van der Waals surface area contributed by atoms with Crippen molar-refractivity contribution in [2.45, 2.75) is 55.6 Å². The molecule has 2 amide bonds. The maximum Gasteiger partial charge on any atom is 0.424 e. The number of amides is 2. The largest absolute Gasteiger partial charge is 0.488 e. The summed E-state index contributed by atoms with van der Waals surface area (Å²) in [5, 5.41) is 14.2. The molecular weight excluding hydrogens is 604 g/mol. The molecule has 3 aliphatic rings. The van der Waals surface area contributed by atoms with Gasteiger partial charge in [-0.25, -0.2) is 14.4 Å². The standard InChI is InChI=1S/C30H24F4N4O5S/c1-13-37-24-19(42-17-6-7-17)8-15(9-20(24)44-13)26(39)36-12-29(41,30(32,33)34)21-10-18-25(43-22-11-28(18,22)27(35)40)23(38-21)14-2-4-16(31)5-3-14/h2-5,8-10,17,22,41H,6-7,11-12H2,1H3,(H2,35,40)(H,36,39)/t22?,28-,29+/m1/s1. The highest BCUT2D eigenvalue weighted by atomic mass is 32.1. The second-order valence-corrected chi connectivity index (χ2v) is 12.5. The number of nitrogens with zero attached hydrogens (tertiary/aromatic N) is 2. The molecule has 0 spiro atoms. The van der Waals surface area contributed by atoms with Crippen molar-refractivity contribution >= 4 is 33.4 Å². The lowest BCUT2D eigenvalue weighted by molar-refractivity contribution is -0.265. The van der Waals surface area contributed by atoms with Gasteiger partial charge in [0.2, 0.25) is 11.5 Å².